The molecule has 0 spiro atoms. The molecule has 0 bridgehead atoms. The second-order valence-corrected chi connectivity index (χ2v) is 7.27. The number of nitrogens with zero attached hydrogens (tertiary/aromatic N) is 3. The van der Waals surface area contributed by atoms with E-state index in [9.17, 15) is 4.79 Å². The molecule has 0 atom stereocenters. The standard InChI is InChI=1S/C22H24N4O2/c1-15-11-13-26(14-12-15)21-19-6-4-3-5-18(19)20(24-25-21)22(27)23-16-7-9-17(28-2)10-8-16/h3-10,15H,11-14H2,1-2H3,(H,23,27). The van der Waals surface area contributed by atoms with Crippen molar-refractivity contribution in [2.24, 2.45) is 5.92 Å². The number of anilines is 2. The number of rotatable bonds is 4. The van der Waals surface area contributed by atoms with E-state index in [1.807, 2.05) is 24.3 Å². The number of benzene rings is 2. The molecular weight excluding hydrogens is 352 g/mol. The molecule has 1 fully saturated rings. The van der Waals surface area contributed by atoms with Crippen molar-refractivity contribution in [1.29, 1.82) is 0 Å². The van der Waals surface area contributed by atoms with E-state index in [4.69, 9.17) is 4.74 Å². The number of fused-ring (bicyclic) bond motifs is 1. The molecule has 28 heavy (non-hydrogen) atoms. The molecule has 1 aliphatic heterocycles. The fourth-order valence-electron chi connectivity index (χ4n) is 3.58. The summed E-state index contributed by atoms with van der Waals surface area (Å²) in [6.07, 6.45) is 2.30. The third-order valence-electron chi connectivity index (χ3n) is 5.31. The van der Waals surface area contributed by atoms with Crippen LogP contribution in [0.2, 0.25) is 0 Å². The van der Waals surface area contributed by atoms with Gasteiger partial charge in [0.25, 0.3) is 5.91 Å². The predicted octanol–water partition coefficient (Wildman–Crippen LogP) is 4.13. The Morgan fingerprint density at radius 1 is 1.04 bits per heavy atom. The Labute approximate surface area is 164 Å². The molecule has 6 nitrogen and oxygen atoms in total. The van der Waals surface area contributed by atoms with Crippen LogP contribution in [-0.4, -0.2) is 36.3 Å². The van der Waals surface area contributed by atoms with Gasteiger partial charge in [0.15, 0.2) is 11.5 Å². The van der Waals surface area contributed by atoms with Crippen molar-refractivity contribution in [2.75, 3.05) is 30.4 Å². The molecule has 1 aromatic heterocycles. The van der Waals surface area contributed by atoms with Crippen LogP contribution in [0.3, 0.4) is 0 Å². The quantitative estimate of drug-likeness (QED) is 0.742. The average molecular weight is 376 g/mol. The fourth-order valence-corrected chi connectivity index (χ4v) is 3.58. The van der Waals surface area contributed by atoms with Crippen LogP contribution in [0.15, 0.2) is 48.5 Å². The van der Waals surface area contributed by atoms with Gasteiger partial charge in [0.1, 0.15) is 5.75 Å². The molecule has 3 aromatic rings. The summed E-state index contributed by atoms with van der Waals surface area (Å²) in [5.41, 5.74) is 1.02. The van der Waals surface area contributed by atoms with Crippen LogP contribution in [0.5, 0.6) is 5.75 Å². The molecule has 144 valence electrons. The van der Waals surface area contributed by atoms with Crippen LogP contribution in [0, 0.1) is 5.92 Å². The van der Waals surface area contributed by atoms with E-state index in [1.54, 1.807) is 31.4 Å². The number of nitrogens with one attached hydrogen (secondary N) is 1. The molecule has 4 rings (SSSR count). The maximum Gasteiger partial charge on any atom is 0.276 e. The molecule has 1 aliphatic rings. The third-order valence-corrected chi connectivity index (χ3v) is 5.31. The minimum atomic E-state index is -0.271. The summed E-state index contributed by atoms with van der Waals surface area (Å²) < 4.78 is 5.15. The first-order chi connectivity index (χ1) is 13.7. The van der Waals surface area contributed by atoms with E-state index in [0.29, 0.717) is 11.4 Å². The van der Waals surface area contributed by atoms with Crippen LogP contribution >= 0.6 is 0 Å². The van der Waals surface area contributed by atoms with Crippen molar-refractivity contribution >= 4 is 28.2 Å². The van der Waals surface area contributed by atoms with E-state index < -0.39 is 0 Å². The zero-order valence-electron chi connectivity index (χ0n) is 16.2. The number of ether oxygens (including phenoxy) is 1. The number of carbonyl (C=O) groups is 1. The molecule has 0 saturated carbocycles. The van der Waals surface area contributed by atoms with E-state index in [0.717, 1.165) is 54.2 Å². The van der Waals surface area contributed by atoms with Crippen LogP contribution in [0.4, 0.5) is 11.5 Å². The highest BCUT2D eigenvalue weighted by atomic mass is 16.5. The van der Waals surface area contributed by atoms with Gasteiger partial charge in [-0.1, -0.05) is 31.2 Å². The predicted molar refractivity (Wildman–Crippen MR) is 111 cm³/mol. The smallest absolute Gasteiger partial charge is 0.276 e. The molecular formula is C22H24N4O2. The number of carbonyl (C=O) groups excluding carboxylic acids is 1. The van der Waals surface area contributed by atoms with Gasteiger partial charge in [0, 0.05) is 29.5 Å². The fraction of sp³-hybridized carbons (Fsp3) is 0.318. The number of hydrogen-bond donors (Lipinski definition) is 1. The van der Waals surface area contributed by atoms with Gasteiger partial charge >= 0.3 is 0 Å². The van der Waals surface area contributed by atoms with E-state index >= 15 is 0 Å². The lowest BCUT2D eigenvalue weighted by Crippen LogP contribution is -2.34. The largest absolute Gasteiger partial charge is 0.497 e. The van der Waals surface area contributed by atoms with Crippen LogP contribution in [0.1, 0.15) is 30.3 Å². The molecule has 1 amide bonds. The second-order valence-electron chi connectivity index (χ2n) is 7.27. The van der Waals surface area contributed by atoms with Gasteiger partial charge in [-0.25, -0.2) is 0 Å². The SMILES string of the molecule is COc1ccc(NC(=O)c2nnc(N3CCC(C)CC3)c3ccccc23)cc1. The molecule has 2 heterocycles. The van der Waals surface area contributed by atoms with Crippen molar-refractivity contribution in [3.05, 3.63) is 54.2 Å². The van der Waals surface area contributed by atoms with Crippen molar-refractivity contribution < 1.29 is 9.53 Å². The maximum absolute atomic E-state index is 12.9. The normalized spacial score (nSPS) is 14.9. The van der Waals surface area contributed by atoms with Gasteiger partial charge < -0.3 is 15.0 Å². The van der Waals surface area contributed by atoms with Crippen molar-refractivity contribution in [3.63, 3.8) is 0 Å². The van der Waals surface area contributed by atoms with Crippen molar-refractivity contribution in [3.8, 4) is 5.75 Å². The van der Waals surface area contributed by atoms with Gasteiger partial charge in [-0.05, 0) is 43.0 Å². The summed E-state index contributed by atoms with van der Waals surface area (Å²) in [7, 11) is 1.61. The summed E-state index contributed by atoms with van der Waals surface area (Å²) in [6, 6.07) is 15.1. The van der Waals surface area contributed by atoms with E-state index in [-0.39, 0.29) is 5.91 Å². The number of amides is 1. The van der Waals surface area contributed by atoms with Crippen LogP contribution in [0.25, 0.3) is 10.8 Å². The Morgan fingerprint density at radius 2 is 1.71 bits per heavy atom. The molecule has 0 aliphatic carbocycles. The second kappa shape index (κ2) is 7.84. The summed E-state index contributed by atoms with van der Waals surface area (Å²) in [5, 5.41) is 13.4. The lowest BCUT2D eigenvalue weighted by molar-refractivity contribution is 0.102. The monoisotopic (exact) mass is 376 g/mol. The third kappa shape index (κ3) is 3.63. The van der Waals surface area contributed by atoms with E-state index in [2.05, 4.69) is 27.3 Å². The zero-order chi connectivity index (χ0) is 19.5. The highest BCUT2D eigenvalue weighted by Crippen LogP contribution is 2.29. The Balaban J connectivity index is 1.64. The maximum atomic E-state index is 12.9. The molecule has 1 N–H and O–H groups in total. The first-order valence-corrected chi connectivity index (χ1v) is 9.61. The number of methoxy groups -OCH3 is 1. The Kier molecular flexibility index (Phi) is 5.10. The van der Waals surface area contributed by atoms with Gasteiger partial charge in [0.05, 0.1) is 7.11 Å². The van der Waals surface area contributed by atoms with Crippen molar-refractivity contribution in [1.82, 2.24) is 10.2 Å². The first kappa shape index (κ1) is 18.2. The summed E-state index contributed by atoms with van der Waals surface area (Å²) in [4.78, 5) is 15.1. The summed E-state index contributed by atoms with van der Waals surface area (Å²) in [5.74, 6) is 2.07. The molecule has 1 saturated heterocycles. The Morgan fingerprint density at radius 3 is 2.39 bits per heavy atom. The lowest BCUT2D eigenvalue weighted by atomic mass is 9.99. The van der Waals surface area contributed by atoms with Crippen LogP contribution in [-0.2, 0) is 0 Å². The first-order valence-electron chi connectivity index (χ1n) is 9.61. The highest BCUT2D eigenvalue weighted by molar-refractivity contribution is 6.12. The summed E-state index contributed by atoms with van der Waals surface area (Å²) >= 11 is 0. The Hall–Kier alpha value is -3.15. The Bertz CT molecular complexity index is 979. The molecule has 2 aromatic carbocycles. The highest BCUT2D eigenvalue weighted by Gasteiger charge is 2.22. The summed E-state index contributed by atoms with van der Waals surface area (Å²) in [6.45, 7) is 4.22. The lowest BCUT2D eigenvalue weighted by Gasteiger charge is -2.31. The zero-order valence-corrected chi connectivity index (χ0v) is 16.2. The van der Waals surface area contributed by atoms with E-state index in [1.165, 1.54) is 0 Å². The molecule has 0 unspecified atom stereocenters. The van der Waals surface area contributed by atoms with Gasteiger partial charge in [-0.3, -0.25) is 4.79 Å². The number of aromatic nitrogens is 2. The minimum absolute atomic E-state index is 0.271. The van der Waals surface area contributed by atoms with Gasteiger partial charge in [0.2, 0.25) is 0 Å². The van der Waals surface area contributed by atoms with Crippen molar-refractivity contribution in [2.45, 2.75) is 19.8 Å². The molecule has 6 heteroatoms. The number of hydrogen-bond acceptors (Lipinski definition) is 5. The number of piperidine rings is 1. The average Bonchev–Trinajstić information content (AvgIpc) is 2.74. The molecule has 0 radical (unpaired) electrons. The van der Waals surface area contributed by atoms with Gasteiger partial charge in [-0.15, -0.1) is 10.2 Å². The van der Waals surface area contributed by atoms with Crippen LogP contribution < -0.4 is 15.0 Å². The topological polar surface area (TPSA) is 67.3 Å². The van der Waals surface area contributed by atoms with Gasteiger partial charge in [-0.2, -0.15) is 0 Å². The minimum Gasteiger partial charge on any atom is -0.497 e.